The first-order valence-corrected chi connectivity index (χ1v) is 12.3. The number of aliphatic hydroxyl groups excluding tert-OH is 1. The van der Waals surface area contributed by atoms with E-state index in [0.717, 1.165) is 16.5 Å². The summed E-state index contributed by atoms with van der Waals surface area (Å²) in [7, 11) is -3.97. The number of rotatable bonds is 9. The maximum absolute atomic E-state index is 13.0. The minimum atomic E-state index is -3.97. The molecule has 0 saturated carbocycles. The summed E-state index contributed by atoms with van der Waals surface area (Å²) in [6.07, 6.45) is 4.54. The zero-order valence-corrected chi connectivity index (χ0v) is 19.7. The molecule has 0 bridgehead atoms. The lowest BCUT2D eigenvalue weighted by atomic mass is 10.1. The normalized spacial score (nSPS) is 11.5. The monoisotopic (exact) mass is 489 g/mol. The molecule has 0 radical (unpaired) electrons. The highest BCUT2D eigenvalue weighted by Crippen LogP contribution is 2.36. The Kier molecular flexibility index (Phi) is 7.44. The Morgan fingerprint density at radius 1 is 0.943 bits per heavy atom. The lowest BCUT2D eigenvalue weighted by Crippen LogP contribution is -2.14. The molecule has 0 aliphatic heterocycles. The van der Waals surface area contributed by atoms with Crippen molar-refractivity contribution >= 4 is 21.9 Å². The SMILES string of the molecule is Cc1ccc(-c2c(NS(=O)(=O)C=Cc3ccccc3)nc(-c3ncccn3)nc2OCCO)cc1. The Labute approximate surface area is 203 Å². The third-order valence-electron chi connectivity index (χ3n) is 4.79. The first-order chi connectivity index (χ1) is 16.9. The van der Waals surface area contributed by atoms with E-state index in [1.165, 1.54) is 18.5 Å². The quantitative estimate of drug-likeness (QED) is 0.364. The largest absolute Gasteiger partial charge is 0.475 e. The van der Waals surface area contributed by atoms with E-state index in [4.69, 9.17) is 4.74 Å². The Bertz CT molecular complexity index is 1410. The van der Waals surface area contributed by atoms with Crippen LogP contribution in [0.3, 0.4) is 0 Å². The summed E-state index contributed by atoms with van der Waals surface area (Å²) in [5.41, 5.74) is 2.71. The lowest BCUT2D eigenvalue weighted by Gasteiger charge is -2.16. The van der Waals surface area contributed by atoms with E-state index >= 15 is 0 Å². The van der Waals surface area contributed by atoms with Gasteiger partial charge in [-0.1, -0.05) is 60.2 Å². The number of anilines is 1. The number of aliphatic hydroxyl groups is 1. The third-order valence-corrected chi connectivity index (χ3v) is 5.76. The van der Waals surface area contributed by atoms with Crippen LogP contribution in [0.1, 0.15) is 11.1 Å². The average molecular weight is 490 g/mol. The topological polar surface area (TPSA) is 127 Å². The van der Waals surface area contributed by atoms with E-state index in [2.05, 4.69) is 24.7 Å². The number of aromatic nitrogens is 4. The molecular formula is C25H23N5O4S. The van der Waals surface area contributed by atoms with Gasteiger partial charge in [-0.15, -0.1) is 0 Å². The predicted molar refractivity (Wildman–Crippen MR) is 134 cm³/mol. The molecule has 9 nitrogen and oxygen atoms in total. The molecule has 2 aromatic carbocycles. The number of ether oxygens (including phenoxy) is 1. The fourth-order valence-electron chi connectivity index (χ4n) is 3.16. The summed E-state index contributed by atoms with van der Waals surface area (Å²) in [5.74, 6) is 0.346. The van der Waals surface area contributed by atoms with E-state index in [9.17, 15) is 13.5 Å². The fraction of sp³-hybridized carbons (Fsp3) is 0.120. The maximum atomic E-state index is 13.0. The van der Waals surface area contributed by atoms with Crippen molar-refractivity contribution in [2.45, 2.75) is 6.92 Å². The zero-order valence-electron chi connectivity index (χ0n) is 18.9. The maximum Gasteiger partial charge on any atom is 0.256 e. The van der Waals surface area contributed by atoms with Gasteiger partial charge in [0.1, 0.15) is 6.61 Å². The van der Waals surface area contributed by atoms with Gasteiger partial charge < -0.3 is 9.84 Å². The van der Waals surface area contributed by atoms with Gasteiger partial charge in [0.25, 0.3) is 10.0 Å². The zero-order chi connectivity index (χ0) is 24.7. The molecule has 0 unspecified atom stereocenters. The smallest absolute Gasteiger partial charge is 0.256 e. The average Bonchev–Trinajstić information content (AvgIpc) is 2.88. The molecular weight excluding hydrogens is 466 g/mol. The first-order valence-electron chi connectivity index (χ1n) is 10.7. The Balaban J connectivity index is 1.84. The fourth-order valence-corrected chi connectivity index (χ4v) is 3.98. The van der Waals surface area contributed by atoms with Crippen LogP contribution in [0.15, 0.2) is 78.5 Å². The molecule has 0 saturated heterocycles. The van der Waals surface area contributed by atoms with Gasteiger partial charge in [0.2, 0.25) is 11.7 Å². The third kappa shape index (κ3) is 6.25. The van der Waals surface area contributed by atoms with Crippen molar-refractivity contribution in [2.75, 3.05) is 17.9 Å². The van der Waals surface area contributed by atoms with E-state index in [-0.39, 0.29) is 36.6 Å². The summed E-state index contributed by atoms with van der Waals surface area (Å²) in [4.78, 5) is 17.2. The molecule has 178 valence electrons. The Hall–Kier alpha value is -4.15. The number of benzene rings is 2. The number of hydrogen-bond donors (Lipinski definition) is 2. The number of sulfonamides is 1. The van der Waals surface area contributed by atoms with E-state index in [1.807, 2.05) is 49.4 Å². The van der Waals surface area contributed by atoms with Gasteiger partial charge in [-0.25, -0.2) is 23.4 Å². The molecule has 0 amide bonds. The van der Waals surface area contributed by atoms with Crippen LogP contribution in [0.25, 0.3) is 28.9 Å². The van der Waals surface area contributed by atoms with Crippen LogP contribution in [0, 0.1) is 6.92 Å². The number of nitrogens with one attached hydrogen (secondary N) is 1. The molecule has 0 aliphatic rings. The van der Waals surface area contributed by atoms with Crippen molar-refractivity contribution in [3.05, 3.63) is 89.6 Å². The highest BCUT2D eigenvalue weighted by atomic mass is 32.2. The molecule has 0 atom stereocenters. The van der Waals surface area contributed by atoms with Gasteiger partial charge in [-0.05, 0) is 30.2 Å². The molecule has 4 aromatic rings. The summed E-state index contributed by atoms with van der Waals surface area (Å²) >= 11 is 0. The second-order valence-electron chi connectivity index (χ2n) is 7.45. The number of hydrogen-bond acceptors (Lipinski definition) is 8. The summed E-state index contributed by atoms with van der Waals surface area (Å²) in [6, 6.07) is 18.1. The molecule has 0 spiro atoms. The predicted octanol–water partition coefficient (Wildman–Crippen LogP) is 3.69. The van der Waals surface area contributed by atoms with Gasteiger partial charge in [0, 0.05) is 12.4 Å². The summed E-state index contributed by atoms with van der Waals surface area (Å²) < 4.78 is 34.3. The van der Waals surface area contributed by atoms with Gasteiger partial charge in [0.05, 0.1) is 17.6 Å². The lowest BCUT2D eigenvalue weighted by molar-refractivity contribution is 0.197. The molecule has 2 N–H and O–H groups in total. The van der Waals surface area contributed by atoms with E-state index < -0.39 is 10.0 Å². The molecule has 0 aliphatic carbocycles. The van der Waals surface area contributed by atoms with Crippen molar-refractivity contribution in [1.82, 2.24) is 19.9 Å². The summed E-state index contributed by atoms with van der Waals surface area (Å²) in [5, 5.41) is 10.4. The minimum absolute atomic E-state index is 0.00282. The molecule has 2 aromatic heterocycles. The van der Waals surface area contributed by atoms with Crippen LogP contribution in [-0.2, 0) is 10.0 Å². The highest BCUT2D eigenvalue weighted by Gasteiger charge is 2.22. The second-order valence-corrected chi connectivity index (χ2v) is 9.01. The Morgan fingerprint density at radius 2 is 1.66 bits per heavy atom. The Morgan fingerprint density at radius 3 is 2.34 bits per heavy atom. The standard InChI is InChI=1S/C25H23N5O4S/c1-18-8-10-20(11-9-18)21-22(30-35(32,33)17-12-19-6-3-2-4-7-19)28-24(23-26-13-5-14-27-23)29-25(21)34-16-15-31/h2-14,17,31H,15-16H2,1H3,(H,28,29,30). The van der Waals surface area contributed by atoms with Crippen LogP contribution in [0.2, 0.25) is 0 Å². The van der Waals surface area contributed by atoms with Gasteiger partial charge >= 0.3 is 0 Å². The molecule has 2 heterocycles. The van der Waals surface area contributed by atoms with Gasteiger partial charge in [0.15, 0.2) is 11.6 Å². The number of nitrogens with zero attached hydrogens (tertiary/aromatic N) is 4. The summed E-state index contributed by atoms with van der Waals surface area (Å²) in [6.45, 7) is 1.64. The van der Waals surface area contributed by atoms with E-state index in [0.29, 0.717) is 11.1 Å². The van der Waals surface area contributed by atoms with Gasteiger partial charge in [-0.2, -0.15) is 4.98 Å². The first kappa shape index (κ1) is 24.0. The molecule has 10 heteroatoms. The second kappa shape index (κ2) is 10.9. The van der Waals surface area contributed by atoms with Crippen LogP contribution in [-0.4, -0.2) is 46.7 Å². The van der Waals surface area contributed by atoms with Crippen LogP contribution < -0.4 is 9.46 Å². The van der Waals surface area contributed by atoms with Crippen molar-refractivity contribution in [3.63, 3.8) is 0 Å². The van der Waals surface area contributed by atoms with Crippen molar-refractivity contribution in [2.24, 2.45) is 0 Å². The van der Waals surface area contributed by atoms with Crippen LogP contribution in [0.5, 0.6) is 5.88 Å². The van der Waals surface area contributed by atoms with Crippen LogP contribution >= 0.6 is 0 Å². The van der Waals surface area contributed by atoms with Crippen molar-refractivity contribution < 1.29 is 18.3 Å². The molecule has 0 fully saturated rings. The van der Waals surface area contributed by atoms with Crippen molar-refractivity contribution in [1.29, 1.82) is 0 Å². The minimum Gasteiger partial charge on any atom is -0.475 e. The highest BCUT2D eigenvalue weighted by molar-refractivity contribution is 7.95. The van der Waals surface area contributed by atoms with E-state index in [1.54, 1.807) is 18.2 Å². The van der Waals surface area contributed by atoms with Crippen molar-refractivity contribution in [3.8, 4) is 28.7 Å². The van der Waals surface area contributed by atoms with Gasteiger partial charge in [-0.3, -0.25) is 4.72 Å². The van der Waals surface area contributed by atoms with Crippen LogP contribution in [0.4, 0.5) is 5.82 Å². The number of aryl methyl sites for hydroxylation is 1. The molecule has 4 rings (SSSR count). The molecule has 35 heavy (non-hydrogen) atoms.